The zero-order chi connectivity index (χ0) is 15.5. The number of nitrogens with zero attached hydrogens (tertiary/aromatic N) is 1. The lowest BCUT2D eigenvalue weighted by molar-refractivity contribution is -0.137. The molecule has 1 aliphatic rings. The molecule has 0 aliphatic carbocycles. The van der Waals surface area contributed by atoms with Gasteiger partial charge in [-0.05, 0) is 19.3 Å². The van der Waals surface area contributed by atoms with E-state index in [-0.39, 0.29) is 11.8 Å². The number of allylic oxidation sites excluding steroid dienone is 1. The monoisotopic (exact) mass is 292 g/mol. The summed E-state index contributed by atoms with van der Waals surface area (Å²) in [6.07, 6.45) is 15.1. The Balaban J connectivity index is 2.49. The number of hydrogen-bond acceptors (Lipinski definition) is 2. The maximum Gasteiger partial charge on any atom is 0.230 e. The lowest BCUT2D eigenvalue weighted by atomic mass is 10.1. The lowest BCUT2D eigenvalue weighted by Gasteiger charge is -2.22. The standard InChI is InChI=1S/C18H30NO2/c1-3-5-7-8-9-11-13-16(12-10-6-4-2)19-17(20)14-15-18(19)21/h11,13H,3-10,12,14-15H2,1-2H3/b13-11+. The topological polar surface area (TPSA) is 37.4 Å². The molecule has 0 N–H and O–H groups in total. The average molecular weight is 292 g/mol. The zero-order valence-electron chi connectivity index (χ0n) is 13.7. The Morgan fingerprint density at radius 3 is 2.19 bits per heavy atom. The van der Waals surface area contributed by atoms with E-state index in [0.717, 1.165) is 38.1 Å². The van der Waals surface area contributed by atoms with E-state index >= 15 is 0 Å². The molecule has 0 spiro atoms. The predicted molar refractivity (Wildman–Crippen MR) is 86.4 cm³/mol. The van der Waals surface area contributed by atoms with Gasteiger partial charge in [0.05, 0.1) is 6.04 Å². The molecule has 0 atom stereocenters. The SMILES string of the molecule is CCCCCC/C=C/[C](CCCCC)N1C(=O)CCC1=O. The van der Waals surface area contributed by atoms with Crippen molar-refractivity contribution >= 4 is 11.8 Å². The number of hydrogen-bond donors (Lipinski definition) is 0. The molecule has 0 unspecified atom stereocenters. The van der Waals surface area contributed by atoms with E-state index in [0.29, 0.717) is 12.8 Å². The van der Waals surface area contributed by atoms with Crippen LogP contribution in [0.2, 0.25) is 0 Å². The Kier molecular flexibility index (Phi) is 9.04. The smallest absolute Gasteiger partial charge is 0.230 e. The van der Waals surface area contributed by atoms with Gasteiger partial charge in [0.1, 0.15) is 0 Å². The highest BCUT2D eigenvalue weighted by Gasteiger charge is 2.33. The summed E-state index contributed by atoms with van der Waals surface area (Å²) < 4.78 is 0. The summed E-state index contributed by atoms with van der Waals surface area (Å²) in [6, 6.07) is 0.909. The number of rotatable bonds is 11. The molecule has 1 rings (SSSR count). The molecule has 1 saturated heterocycles. The summed E-state index contributed by atoms with van der Waals surface area (Å²) in [4.78, 5) is 25.2. The van der Waals surface area contributed by atoms with Crippen LogP contribution < -0.4 is 0 Å². The van der Waals surface area contributed by atoms with Crippen LogP contribution >= 0.6 is 0 Å². The number of imide groups is 1. The Morgan fingerprint density at radius 2 is 1.57 bits per heavy atom. The first kappa shape index (κ1) is 17.9. The fourth-order valence-corrected chi connectivity index (χ4v) is 2.63. The first-order valence-corrected chi connectivity index (χ1v) is 8.58. The second-order valence-corrected chi connectivity index (χ2v) is 5.82. The molecule has 0 saturated carbocycles. The third-order valence-electron chi connectivity index (χ3n) is 3.91. The van der Waals surface area contributed by atoms with Crippen molar-refractivity contribution in [2.45, 2.75) is 84.5 Å². The highest BCUT2D eigenvalue weighted by Crippen LogP contribution is 2.26. The van der Waals surface area contributed by atoms with Crippen molar-refractivity contribution < 1.29 is 9.59 Å². The van der Waals surface area contributed by atoms with Crippen molar-refractivity contribution in [1.82, 2.24) is 4.90 Å². The molecule has 3 nitrogen and oxygen atoms in total. The van der Waals surface area contributed by atoms with Gasteiger partial charge in [-0.25, -0.2) is 0 Å². The van der Waals surface area contributed by atoms with Crippen molar-refractivity contribution in [1.29, 1.82) is 0 Å². The fourth-order valence-electron chi connectivity index (χ4n) is 2.63. The number of carbonyl (C=O) groups is 2. The first-order chi connectivity index (χ1) is 10.2. The molecule has 0 aromatic heterocycles. The molecule has 21 heavy (non-hydrogen) atoms. The Morgan fingerprint density at radius 1 is 0.952 bits per heavy atom. The normalized spacial score (nSPS) is 15.9. The lowest BCUT2D eigenvalue weighted by Crippen LogP contribution is -2.32. The van der Waals surface area contributed by atoms with Crippen LogP contribution in [0, 0.1) is 6.04 Å². The van der Waals surface area contributed by atoms with Crippen LogP contribution in [0.15, 0.2) is 12.2 Å². The van der Waals surface area contributed by atoms with E-state index in [4.69, 9.17) is 0 Å². The first-order valence-electron chi connectivity index (χ1n) is 8.58. The summed E-state index contributed by atoms with van der Waals surface area (Å²) in [5, 5.41) is 0. The molecular weight excluding hydrogens is 262 g/mol. The van der Waals surface area contributed by atoms with Gasteiger partial charge >= 0.3 is 0 Å². The van der Waals surface area contributed by atoms with E-state index in [1.54, 1.807) is 0 Å². The molecule has 3 heteroatoms. The summed E-state index contributed by atoms with van der Waals surface area (Å²) >= 11 is 0. The minimum absolute atomic E-state index is 0.0258. The van der Waals surface area contributed by atoms with Crippen LogP contribution in [0.1, 0.15) is 84.5 Å². The molecule has 1 fully saturated rings. The van der Waals surface area contributed by atoms with E-state index in [9.17, 15) is 9.59 Å². The minimum atomic E-state index is -0.0258. The summed E-state index contributed by atoms with van der Waals surface area (Å²) in [5.74, 6) is -0.0516. The van der Waals surface area contributed by atoms with Gasteiger partial charge in [-0.3, -0.25) is 14.5 Å². The maximum absolute atomic E-state index is 11.9. The van der Waals surface area contributed by atoms with Crippen LogP contribution in [-0.4, -0.2) is 16.7 Å². The number of unbranched alkanes of at least 4 members (excludes halogenated alkanes) is 6. The maximum atomic E-state index is 11.9. The van der Waals surface area contributed by atoms with E-state index < -0.39 is 0 Å². The molecule has 1 radical (unpaired) electrons. The summed E-state index contributed by atoms with van der Waals surface area (Å²) in [5.41, 5.74) is 0. The predicted octanol–water partition coefficient (Wildman–Crippen LogP) is 4.77. The van der Waals surface area contributed by atoms with Crippen molar-refractivity contribution in [3.63, 3.8) is 0 Å². The Labute approximate surface area is 129 Å². The average Bonchev–Trinajstić information content (AvgIpc) is 2.80. The number of carbonyl (C=O) groups excluding carboxylic acids is 2. The van der Waals surface area contributed by atoms with Gasteiger partial charge in [-0.1, -0.05) is 64.5 Å². The van der Waals surface area contributed by atoms with Gasteiger partial charge in [0.25, 0.3) is 0 Å². The summed E-state index contributed by atoms with van der Waals surface area (Å²) in [7, 11) is 0. The van der Waals surface area contributed by atoms with Gasteiger partial charge in [-0.2, -0.15) is 0 Å². The largest absolute Gasteiger partial charge is 0.274 e. The molecule has 0 aromatic carbocycles. The minimum Gasteiger partial charge on any atom is -0.274 e. The second kappa shape index (κ2) is 10.6. The fraction of sp³-hybridized carbons (Fsp3) is 0.722. The van der Waals surface area contributed by atoms with Gasteiger partial charge in [0.2, 0.25) is 11.8 Å². The van der Waals surface area contributed by atoms with E-state index in [2.05, 4.69) is 19.9 Å². The van der Waals surface area contributed by atoms with Crippen molar-refractivity contribution in [3.05, 3.63) is 18.2 Å². The van der Waals surface area contributed by atoms with Crippen molar-refractivity contribution in [3.8, 4) is 0 Å². The molecule has 2 amide bonds. The third-order valence-corrected chi connectivity index (χ3v) is 3.91. The highest BCUT2D eigenvalue weighted by atomic mass is 16.2. The van der Waals surface area contributed by atoms with Gasteiger partial charge < -0.3 is 0 Å². The summed E-state index contributed by atoms with van der Waals surface area (Å²) in [6.45, 7) is 4.37. The van der Waals surface area contributed by atoms with Crippen LogP contribution in [0.4, 0.5) is 0 Å². The highest BCUT2D eigenvalue weighted by molar-refractivity contribution is 6.03. The van der Waals surface area contributed by atoms with Crippen LogP contribution in [-0.2, 0) is 9.59 Å². The third kappa shape index (κ3) is 6.45. The molecule has 1 heterocycles. The van der Waals surface area contributed by atoms with Gasteiger partial charge in [0.15, 0.2) is 0 Å². The van der Waals surface area contributed by atoms with Gasteiger partial charge in [0, 0.05) is 12.8 Å². The molecule has 119 valence electrons. The molecular formula is C18H30NO2. The molecule has 0 aromatic rings. The molecule has 0 bridgehead atoms. The van der Waals surface area contributed by atoms with Crippen LogP contribution in [0.3, 0.4) is 0 Å². The van der Waals surface area contributed by atoms with Crippen LogP contribution in [0.5, 0.6) is 0 Å². The number of likely N-dealkylation sites (tertiary alicyclic amines) is 1. The Bertz CT molecular complexity index is 333. The molecule has 1 aliphatic heterocycles. The second-order valence-electron chi connectivity index (χ2n) is 5.82. The van der Waals surface area contributed by atoms with Crippen LogP contribution in [0.25, 0.3) is 0 Å². The number of amides is 2. The zero-order valence-corrected chi connectivity index (χ0v) is 13.7. The van der Waals surface area contributed by atoms with Gasteiger partial charge in [-0.15, -0.1) is 0 Å². The Hall–Kier alpha value is -1.12. The van der Waals surface area contributed by atoms with Crippen molar-refractivity contribution in [2.75, 3.05) is 0 Å². The quantitative estimate of drug-likeness (QED) is 0.406. The van der Waals surface area contributed by atoms with E-state index in [1.807, 2.05) is 6.08 Å². The van der Waals surface area contributed by atoms with E-state index in [1.165, 1.54) is 30.6 Å². The van der Waals surface area contributed by atoms with Crippen molar-refractivity contribution in [2.24, 2.45) is 0 Å².